The van der Waals surface area contributed by atoms with Crippen LogP contribution in [0.1, 0.15) is 27.2 Å². The van der Waals surface area contributed by atoms with Crippen molar-refractivity contribution >= 4 is 0 Å². The van der Waals surface area contributed by atoms with E-state index in [2.05, 4.69) is 37.5 Å². The van der Waals surface area contributed by atoms with Gasteiger partial charge in [0.05, 0.1) is 0 Å². The molecular weight excluding hydrogens is 138 g/mol. The fraction of sp³-hybridized carbons (Fsp3) is 0.750. The van der Waals surface area contributed by atoms with Crippen molar-refractivity contribution in [2.75, 3.05) is 7.05 Å². The molecule has 0 bridgehead atoms. The third kappa shape index (κ3) is 1.66. The summed E-state index contributed by atoms with van der Waals surface area (Å²) < 4.78 is 0. The Hall–Kier alpha value is -0.700. The second-order valence-corrected chi connectivity index (χ2v) is 3.09. The maximum atomic E-state index is 3.23. The van der Waals surface area contributed by atoms with Crippen LogP contribution in [0.4, 0.5) is 0 Å². The lowest BCUT2D eigenvalue weighted by Gasteiger charge is -2.25. The van der Waals surface area contributed by atoms with Crippen LogP contribution in [0.2, 0.25) is 0 Å². The Morgan fingerprint density at radius 3 is 2.64 bits per heavy atom. The summed E-state index contributed by atoms with van der Waals surface area (Å²) in [5.41, 5.74) is 4.48. The zero-order chi connectivity index (χ0) is 8.43. The van der Waals surface area contributed by atoms with Gasteiger partial charge in [0.1, 0.15) is 0 Å². The lowest BCUT2D eigenvalue weighted by atomic mass is 10.2. The van der Waals surface area contributed by atoms with E-state index < -0.39 is 0 Å². The first-order valence-corrected chi connectivity index (χ1v) is 4.12. The molecule has 0 amide bonds. The van der Waals surface area contributed by atoms with Crippen molar-refractivity contribution in [3.63, 3.8) is 0 Å². The number of hydrogen-bond acceptors (Lipinski definition) is 3. The molecule has 1 heterocycles. The number of allylic oxidation sites excluding steroid dienone is 1. The van der Waals surface area contributed by atoms with Gasteiger partial charge >= 0.3 is 0 Å². The van der Waals surface area contributed by atoms with Crippen LogP contribution in [0.3, 0.4) is 0 Å². The molecule has 1 aliphatic heterocycles. The summed E-state index contributed by atoms with van der Waals surface area (Å²) in [5.74, 6) is 0. The van der Waals surface area contributed by atoms with Gasteiger partial charge in [0.25, 0.3) is 0 Å². The van der Waals surface area contributed by atoms with E-state index >= 15 is 0 Å². The van der Waals surface area contributed by atoms with Crippen molar-refractivity contribution in [2.45, 2.75) is 33.2 Å². The van der Waals surface area contributed by atoms with Gasteiger partial charge < -0.3 is 0 Å². The molecule has 0 saturated carbocycles. The molecule has 64 valence electrons. The predicted molar refractivity (Wildman–Crippen MR) is 46.2 cm³/mol. The third-order valence-electron chi connectivity index (χ3n) is 2.19. The van der Waals surface area contributed by atoms with Crippen LogP contribution in [-0.4, -0.2) is 23.1 Å². The molecule has 1 aliphatic rings. The quantitative estimate of drug-likeness (QED) is 0.648. The van der Waals surface area contributed by atoms with Crippen LogP contribution in [0.25, 0.3) is 0 Å². The first kappa shape index (κ1) is 8.40. The van der Waals surface area contributed by atoms with Crippen molar-refractivity contribution in [1.82, 2.24) is 15.6 Å². The molecule has 3 heteroatoms. The van der Waals surface area contributed by atoms with E-state index in [9.17, 15) is 0 Å². The molecule has 3 nitrogen and oxygen atoms in total. The molecule has 1 rings (SSSR count). The number of nitrogens with zero attached hydrogens (tertiary/aromatic N) is 2. The topological polar surface area (TPSA) is 18.5 Å². The van der Waals surface area contributed by atoms with Gasteiger partial charge in [-0.2, -0.15) is 0 Å². The highest BCUT2D eigenvalue weighted by Gasteiger charge is 2.16. The summed E-state index contributed by atoms with van der Waals surface area (Å²) in [7, 11) is 2.02. The summed E-state index contributed by atoms with van der Waals surface area (Å²) >= 11 is 0. The molecule has 1 unspecified atom stereocenters. The number of rotatable bonds is 2. The van der Waals surface area contributed by atoms with Gasteiger partial charge in [-0.25, -0.2) is 0 Å². The highest BCUT2D eigenvalue weighted by Crippen LogP contribution is 2.11. The zero-order valence-electron chi connectivity index (χ0n) is 7.76. The van der Waals surface area contributed by atoms with Gasteiger partial charge in [-0.05, 0) is 20.3 Å². The van der Waals surface area contributed by atoms with Crippen molar-refractivity contribution in [2.24, 2.45) is 0 Å². The van der Waals surface area contributed by atoms with Gasteiger partial charge in [-0.1, -0.05) is 6.92 Å². The second kappa shape index (κ2) is 3.13. The predicted octanol–water partition coefficient (Wildman–Crippen LogP) is 1.31. The SMILES string of the molecule is CCC(C)N1C=C(C)N(C)N1. The van der Waals surface area contributed by atoms with Crippen molar-refractivity contribution in [1.29, 1.82) is 0 Å². The standard InChI is InChI=1S/C8H17N3/c1-5-7(2)11-6-8(3)10(4)9-11/h6-7,9H,5H2,1-4H3. The molecular formula is C8H17N3. The average molecular weight is 155 g/mol. The minimum atomic E-state index is 0.565. The first-order chi connectivity index (χ1) is 5.15. The van der Waals surface area contributed by atoms with E-state index in [4.69, 9.17) is 0 Å². The Labute approximate surface area is 68.6 Å². The van der Waals surface area contributed by atoms with Crippen molar-refractivity contribution < 1.29 is 0 Å². The van der Waals surface area contributed by atoms with Gasteiger partial charge in [0.15, 0.2) is 0 Å². The van der Waals surface area contributed by atoms with Crippen molar-refractivity contribution in [3.8, 4) is 0 Å². The molecule has 0 aliphatic carbocycles. The van der Waals surface area contributed by atoms with E-state index in [-0.39, 0.29) is 0 Å². The fourth-order valence-electron chi connectivity index (χ4n) is 0.991. The summed E-state index contributed by atoms with van der Waals surface area (Å²) in [6, 6.07) is 0.565. The third-order valence-corrected chi connectivity index (χ3v) is 2.19. The molecule has 0 spiro atoms. The highest BCUT2D eigenvalue weighted by molar-refractivity contribution is 4.99. The Balaban J connectivity index is 2.53. The Kier molecular flexibility index (Phi) is 2.39. The maximum Gasteiger partial charge on any atom is 0.0451 e. The normalized spacial score (nSPS) is 20.5. The van der Waals surface area contributed by atoms with Crippen molar-refractivity contribution in [3.05, 3.63) is 11.9 Å². The summed E-state index contributed by atoms with van der Waals surface area (Å²) in [5, 5.41) is 4.15. The van der Waals surface area contributed by atoms with E-state index in [1.165, 1.54) is 5.70 Å². The van der Waals surface area contributed by atoms with Crippen LogP contribution < -0.4 is 5.53 Å². The highest BCUT2D eigenvalue weighted by atomic mass is 15.8. The van der Waals surface area contributed by atoms with Gasteiger partial charge in [0, 0.05) is 25.0 Å². The Morgan fingerprint density at radius 2 is 2.27 bits per heavy atom. The summed E-state index contributed by atoms with van der Waals surface area (Å²) in [4.78, 5) is 0. The van der Waals surface area contributed by atoms with Crippen LogP contribution in [0.15, 0.2) is 11.9 Å². The monoisotopic (exact) mass is 155 g/mol. The smallest absolute Gasteiger partial charge is 0.0451 e. The first-order valence-electron chi connectivity index (χ1n) is 4.12. The number of hydrazine groups is 2. The molecule has 0 aromatic rings. The molecule has 1 N–H and O–H groups in total. The largest absolute Gasteiger partial charge is 0.297 e. The molecule has 0 aromatic heterocycles. The lowest BCUT2D eigenvalue weighted by Crippen LogP contribution is -2.42. The van der Waals surface area contributed by atoms with E-state index in [1.807, 2.05) is 12.1 Å². The Bertz CT molecular complexity index is 165. The van der Waals surface area contributed by atoms with Crippen LogP contribution in [0, 0.1) is 0 Å². The molecule has 1 atom stereocenters. The van der Waals surface area contributed by atoms with Gasteiger partial charge in [-0.3, -0.25) is 10.0 Å². The molecule has 0 fully saturated rings. The fourth-order valence-corrected chi connectivity index (χ4v) is 0.991. The maximum absolute atomic E-state index is 3.23. The summed E-state index contributed by atoms with van der Waals surface area (Å²) in [6.45, 7) is 6.49. The molecule has 0 aromatic carbocycles. The number of hydrogen-bond donors (Lipinski definition) is 1. The minimum Gasteiger partial charge on any atom is -0.297 e. The van der Waals surface area contributed by atoms with Crippen LogP contribution in [-0.2, 0) is 0 Å². The van der Waals surface area contributed by atoms with E-state index in [0.29, 0.717) is 6.04 Å². The molecule has 11 heavy (non-hydrogen) atoms. The van der Waals surface area contributed by atoms with Gasteiger partial charge in [-0.15, -0.1) is 5.53 Å². The molecule has 0 saturated heterocycles. The minimum absolute atomic E-state index is 0.565. The van der Waals surface area contributed by atoms with Crippen LogP contribution >= 0.6 is 0 Å². The van der Waals surface area contributed by atoms with E-state index in [1.54, 1.807) is 0 Å². The van der Waals surface area contributed by atoms with Gasteiger partial charge in [0.2, 0.25) is 0 Å². The molecule has 0 radical (unpaired) electrons. The number of nitrogens with one attached hydrogen (secondary N) is 1. The summed E-state index contributed by atoms with van der Waals surface area (Å²) in [6.07, 6.45) is 3.29. The van der Waals surface area contributed by atoms with E-state index in [0.717, 1.165) is 6.42 Å². The zero-order valence-corrected chi connectivity index (χ0v) is 7.76. The second-order valence-electron chi connectivity index (χ2n) is 3.09. The Morgan fingerprint density at radius 1 is 1.64 bits per heavy atom. The lowest BCUT2D eigenvalue weighted by molar-refractivity contribution is 0.116. The average Bonchev–Trinajstić information content (AvgIpc) is 2.31. The van der Waals surface area contributed by atoms with Crippen LogP contribution in [0.5, 0.6) is 0 Å².